The molecule has 0 saturated heterocycles. The molecule has 3 nitrogen and oxygen atoms in total. The molecule has 23 heavy (non-hydrogen) atoms. The van der Waals surface area contributed by atoms with Gasteiger partial charge in [0.1, 0.15) is 0 Å². The van der Waals surface area contributed by atoms with Crippen molar-refractivity contribution in [2.45, 2.75) is 32.6 Å². The molecule has 0 aliphatic carbocycles. The summed E-state index contributed by atoms with van der Waals surface area (Å²) in [6.07, 6.45) is 1.90. The van der Waals surface area contributed by atoms with Gasteiger partial charge in [-0.3, -0.25) is 4.79 Å². The summed E-state index contributed by atoms with van der Waals surface area (Å²) in [5.41, 5.74) is 10.9. The summed E-state index contributed by atoms with van der Waals surface area (Å²) in [5.74, 6) is 0.529. The smallest absolute Gasteiger partial charge is 0.258 e. The van der Waals surface area contributed by atoms with Crippen molar-refractivity contribution in [2.75, 3.05) is 17.2 Å². The van der Waals surface area contributed by atoms with Gasteiger partial charge in [0.05, 0.1) is 0 Å². The van der Waals surface area contributed by atoms with E-state index in [0.29, 0.717) is 5.92 Å². The molecule has 0 bridgehead atoms. The van der Waals surface area contributed by atoms with E-state index in [1.165, 1.54) is 5.56 Å². The maximum absolute atomic E-state index is 12.8. The molecule has 0 saturated carbocycles. The first-order chi connectivity index (χ1) is 10.6. The third-order valence-electron chi connectivity index (χ3n) is 4.36. The number of rotatable bonds is 2. The molecule has 2 aromatic carbocycles. The molecule has 122 valence electrons. The Morgan fingerprint density at radius 2 is 1.83 bits per heavy atom. The number of hydrogen-bond donors (Lipinski definition) is 1. The Hall–Kier alpha value is -2.00. The van der Waals surface area contributed by atoms with Crippen LogP contribution in [-0.2, 0) is 6.42 Å². The molecule has 1 aliphatic heterocycles. The largest absolute Gasteiger partial charge is 0.398 e. The quantitative estimate of drug-likeness (QED) is 0.829. The van der Waals surface area contributed by atoms with Gasteiger partial charge in [0.25, 0.3) is 5.91 Å². The van der Waals surface area contributed by atoms with Gasteiger partial charge >= 0.3 is 0 Å². The van der Waals surface area contributed by atoms with Crippen molar-refractivity contribution < 1.29 is 4.79 Å². The lowest BCUT2D eigenvalue weighted by atomic mass is 9.98. The predicted octanol–water partition coefficient (Wildman–Crippen LogP) is 4.41. The average molecular weight is 331 g/mol. The second-order valence-electron chi connectivity index (χ2n) is 6.18. The van der Waals surface area contributed by atoms with Gasteiger partial charge in [-0.15, -0.1) is 12.4 Å². The lowest BCUT2D eigenvalue weighted by Gasteiger charge is -2.30. The van der Waals surface area contributed by atoms with E-state index in [0.717, 1.165) is 41.9 Å². The van der Waals surface area contributed by atoms with Crippen molar-refractivity contribution in [1.29, 1.82) is 0 Å². The highest BCUT2D eigenvalue weighted by Crippen LogP contribution is 2.32. The van der Waals surface area contributed by atoms with Gasteiger partial charge in [-0.2, -0.15) is 0 Å². The van der Waals surface area contributed by atoms with Crippen molar-refractivity contribution in [3.8, 4) is 0 Å². The summed E-state index contributed by atoms with van der Waals surface area (Å²) in [4.78, 5) is 14.7. The van der Waals surface area contributed by atoms with Gasteiger partial charge in [0.2, 0.25) is 0 Å². The van der Waals surface area contributed by atoms with E-state index in [2.05, 4.69) is 13.8 Å². The van der Waals surface area contributed by atoms with Gasteiger partial charge in [0, 0.05) is 23.5 Å². The van der Waals surface area contributed by atoms with Crippen molar-refractivity contribution in [3.05, 3.63) is 59.2 Å². The van der Waals surface area contributed by atoms with Crippen LogP contribution >= 0.6 is 12.4 Å². The van der Waals surface area contributed by atoms with Crippen molar-refractivity contribution in [1.82, 2.24) is 0 Å². The highest BCUT2D eigenvalue weighted by molar-refractivity contribution is 6.07. The van der Waals surface area contributed by atoms with Gasteiger partial charge < -0.3 is 10.6 Å². The maximum atomic E-state index is 12.8. The lowest BCUT2D eigenvalue weighted by Crippen LogP contribution is -2.35. The molecule has 0 unspecified atom stereocenters. The second kappa shape index (κ2) is 7.05. The molecule has 1 heterocycles. The number of nitrogens with two attached hydrogens (primary N) is 1. The Bertz CT molecular complexity index is 695. The first kappa shape index (κ1) is 17.4. The van der Waals surface area contributed by atoms with Crippen molar-refractivity contribution in [2.24, 2.45) is 0 Å². The third kappa shape index (κ3) is 3.35. The number of carbonyl (C=O) groups excluding carboxylic acids is 1. The molecule has 3 rings (SSSR count). The van der Waals surface area contributed by atoms with Crippen molar-refractivity contribution in [3.63, 3.8) is 0 Å². The molecular weight excluding hydrogens is 308 g/mol. The summed E-state index contributed by atoms with van der Waals surface area (Å²) < 4.78 is 0. The number of carbonyl (C=O) groups is 1. The van der Waals surface area contributed by atoms with Gasteiger partial charge in [-0.1, -0.05) is 32.0 Å². The number of fused-ring (bicyclic) bond motifs is 1. The number of hydrogen-bond acceptors (Lipinski definition) is 2. The first-order valence-corrected chi connectivity index (χ1v) is 7.87. The topological polar surface area (TPSA) is 46.3 Å². The number of nitrogens with zero attached hydrogens (tertiary/aromatic N) is 1. The fourth-order valence-corrected chi connectivity index (χ4v) is 3.03. The Morgan fingerprint density at radius 1 is 1.13 bits per heavy atom. The van der Waals surface area contributed by atoms with Gasteiger partial charge in [0.15, 0.2) is 0 Å². The molecular formula is C19H23ClN2O. The van der Waals surface area contributed by atoms with E-state index in [9.17, 15) is 4.79 Å². The predicted molar refractivity (Wildman–Crippen MR) is 98.6 cm³/mol. The summed E-state index contributed by atoms with van der Waals surface area (Å²) in [6.45, 7) is 5.06. The van der Waals surface area contributed by atoms with Crippen LogP contribution in [0, 0.1) is 0 Å². The molecule has 2 aromatic rings. The van der Waals surface area contributed by atoms with E-state index in [4.69, 9.17) is 5.73 Å². The first-order valence-electron chi connectivity index (χ1n) is 7.87. The van der Waals surface area contributed by atoms with E-state index in [-0.39, 0.29) is 18.3 Å². The van der Waals surface area contributed by atoms with Crippen LogP contribution in [0.15, 0.2) is 42.5 Å². The number of amides is 1. The lowest BCUT2D eigenvalue weighted by molar-refractivity contribution is 0.0985. The minimum atomic E-state index is 0. The molecule has 0 fully saturated rings. The van der Waals surface area contributed by atoms with Crippen LogP contribution in [0.4, 0.5) is 11.4 Å². The zero-order chi connectivity index (χ0) is 15.7. The highest BCUT2D eigenvalue weighted by Gasteiger charge is 2.24. The number of benzene rings is 2. The Labute approximate surface area is 143 Å². The fourth-order valence-electron chi connectivity index (χ4n) is 3.03. The summed E-state index contributed by atoms with van der Waals surface area (Å²) in [7, 11) is 0. The minimum Gasteiger partial charge on any atom is -0.398 e. The average Bonchev–Trinajstić information content (AvgIpc) is 2.54. The zero-order valence-corrected chi connectivity index (χ0v) is 14.4. The van der Waals surface area contributed by atoms with Gasteiger partial charge in [-0.05, 0) is 54.2 Å². The van der Waals surface area contributed by atoms with Crippen LogP contribution in [0.25, 0.3) is 0 Å². The van der Waals surface area contributed by atoms with E-state index in [1.54, 1.807) is 0 Å². The molecule has 4 heteroatoms. The second-order valence-corrected chi connectivity index (χ2v) is 6.18. The zero-order valence-electron chi connectivity index (χ0n) is 13.6. The molecule has 0 radical (unpaired) electrons. The monoisotopic (exact) mass is 330 g/mol. The van der Waals surface area contributed by atoms with Crippen LogP contribution in [0.5, 0.6) is 0 Å². The number of nitrogen functional groups attached to an aromatic ring is 1. The molecule has 1 amide bonds. The van der Waals surface area contributed by atoms with Gasteiger partial charge in [-0.25, -0.2) is 0 Å². The molecule has 2 N–H and O–H groups in total. The Kier molecular flexibility index (Phi) is 5.32. The van der Waals surface area contributed by atoms with E-state index >= 15 is 0 Å². The summed E-state index contributed by atoms with van der Waals surface area (Å²) in [6, 6.07) is 13.8. The van der Waals surface area contributed by atoms with Crippen LogP contribution < -0.4 is 10.6 Å². The number of anilines is 2. The molecule has 0 aromatic heterocycles. The normalized spacial score (nSPS) is 13.4. The fraction of sp³-hybridized carbons (Fsp3) is 0.316. The van der Waals surface area contributed by atoms with Crippen LogP contribution in [0.1, 0.15) is 47.7 Å². The highest BCUT2D eigenvalue weighted by atomic mass is 35.5. The van der Waals surface area contributed by atoms with E-state index < -0.39 is 0 Å². The van der Waals surface area contributed by atoms with Crippen molar-refractivity contribution >= 4 is 29.7 Å². The van der Waals surface area contributed by atoms with Crippen LogP contribution in [-0.4, -0.2) is 12.5 Å². The standard InChI is InChI=1S/C19H22N2O.ClH/c1-13(2)14-8-10-15(11-9-14)19(22)21-12-4-5-16-17(20)6-3-7-18(16)21;/h3,6-11,13H,4-5,12,20H2,1-2H3;1H. The number of halogens is 1. The Morgan fingerprint density at radius 3 is 2.48 bits per heavy atom. The van der Waals surface area contributed by atoms with Crippen LogP contribution in [0.2, 0.25) is 0 Å². The SMILES string of the molecule is CC(C)c1ccc(C(=O)N2CCCc3c(N)cccc32)cc1.Cl. The summed E-state index contributed by atoms with van der Waals surface area (Å²) >= 11 is 0. The third-order valence-corrected chi connectivity index (χ3v) is 4.36. The Balaban J connectivity index is 0.00000192. The summed E-state index contributed by atoms with van der Waals surface area (Å²) in [5, 5.41) is 0. The molecule has 0 atom stereocenters. The maximum Gasteiger partial charge on any atom is 0.258 e. The molecule has 0 spiro atoms. The van der Waals surface area contributed by atoms with E-state index in [1.807, 2.05) is 47.4 Å². The van der Waals surface area contributed by atoms with Crippen LogP contribution in [0.3, 0.4) is 0 Å². The minimum absolute atomic E-state index is 0. The molecule has 1 aliphatic rings.